The van der Waals surface area contributed by atoms with Crippen molar-refractivity contribution >= 4 is 34.6 Å². The Balaban J connectivity index is 0.000000356. The second-order valence-electron chi connectivity index (χ2n) is 20.4. The number of benzene rings is 4. The number of nitrogens with one attached hydrogen (secondary N) is 2. The molecule has 84 heavy (non-hydrogen) atoms. The van der Waals surface area contributed by atoms with Crippen molar-refractivity contribution in [1.29, 1.82) is 0 Å². The number of carbonyl (C=O) groups excluding carboxylic acids is 2. The van der Waals surface area contributed by atoms with Crippen molar-refractivity contribution < 1.29 is 114 Å². The van der Waals surface area contributed by atoms with Gasteiger partial charge in [0.25, 0.3) is 11.4 Å². The number of amides is 1. The van der Waals surface area contributed by atoms with Crippen LogP contribution in [0, 0.1) is 20.2 Å². The molecule has 0 aliphatic carbocycles. The first kappa shape index (κ1) is 72.4. The van der Waals surface area contributed by atoms with Gasteiger partial charge in [-0.15, -0.1) is 0 Å². The summed E-state index contributed by atoms with van der Waals surface area (Å²) in [5.41, 5.74) is -3.49. The van der Waals surface area contributed by atoms with Crippen molar-refractivity contribution in [3.8, 4) is 0 Å². The minimum absolute atomic E-state index is 0. The average molecular weight is 1220 g/mol. The fraction of sp³-hybridized carbons (Fsp3) is 0.527. The van der Waals surface area contributed by atoms with Crippen LogP contribution in [0.15, 0.2) is 84.9 Å². The second kappa shape index (κ2) is 32.0. The van der Waals surface area contributed by atoms with Crippen LogP contribution >= 0.6 is 0 Å². The Labute approximate surface area is 496 Å². The number of hydrogen-bond acceptors (Lipinski definition) is 11. The molecule has 4 heterocycles. The molecule has 8 rings (SSSR count). The number of carboxylic acids is 1. The number of nitrogens with zero attached hydrogens (tertiary/aromatic N) is 5. The van der Waals surface area contributed by atoms with Gasteiger partial charge in [0.15, 0.2) is 0 Å². The van der Waals surface area contributed by atoms with Gasteiger partial charge in [-0.2, -0.15) is 52.7 Å². The van der Waals surface area contributed by atoms with E-state index in [0.717, 1.165) is 137 Å². The number of anilines is 2. The van der Waals surface area contributed by atoms with Crippen molar-refractivity contribution in [3.05, 3.63) is 139 Å². The van der Waals surface area contributed by atoms with Gasteiger partial charge in [0.05, 0.1) is 34.1 Å². The molecule has 0 saturated carbocycles. The third kappa shape index (κ3) is 21.9. The number of halogens is 13. The summed E-state index contributed by atoms with van der Waals surface area (Å²) in [5.74, 6) is -0.631. The quantitative estimate of drug-likeness (QED) is 0.0685. The van der Waals surface area contributed by atoms with Gasteiger partial charge in [-0.1, -0.05) is 31.7 Å². The number of nitrogens with two attached hydrogens (primary N) is 1. The van der Waals surface area contributed by atoms with E-state index in [9.17, 15) is 87.6 Å². The SMILES string of the molecule is C.O=C(CCN1CCC(c2ccc(C(F)(F)F)cc2)CC1)N1CCC(Nc2ccc([N+](=O)[O-])c(C(F)(F)F)c2)CC1.O=C([O-])CCN1CCC(c2ccc(C(F)(F)F)cc2)CC1.O=[N+]([O-])c1ccc(NC2CC[NH2+]CC2)cc1C(F)(F)F.[Cl-].[Li+]. The Bertz CT molecular complexity index is 2730. The monoisotopic (exact) mass is 1220 g/mol. The number of carbonyl (C=O) groups is 2. The van der Waals surface area contributed by atoms with Crippen LogP contribution < -0.4 is 52.3 Å². The molecule has 1 amide bonds. The molecule has 4 fully saturated rings. The molecule has 4 N–H and O–H groups in total. The van der Waals surface area contributed by atoms with Crippen LogP contribution in [0.1, 0.15) is 117 Å². The fourth-order valence-corrected chi connectivity index (χ4v) is 10.4. The number of carboxylic acid groups (broad SMARTS) is 1. The number of nitro groups is 2. The van der Waals surface area contributed by atoms with Crippen LogP contribution in [0.3, 0.4) is 0 Å². The van der Waals surface area contributed by atoms with Gasteiger partial charge in [0.2, 0.25) is 5.91 Å². The molecule has 15 nitrogen and oxygen atoms in total. The molecule has 0 unspecified atom stereocenters. The maximum absolute atomic E-state index is 13.2. The maximum Gasteiger partial charge on any atom is 1.00 e. The summed E-state index contributed by atoms with van der Waals surface area (Å²) in [6.07, 6.45) is -11.8. The summed E-state index contributed by atoms with van der Waals surface area (Å²) in [4.78, 5) is 48.7. The smallest absolute Gasteiger partial charge is 1.00 e. The van der Waals surface area contributed by atoms with E-state index in [4.69, 9.17) is 0 Å². The average Bonchev–Trinajstić information content (AvgIpc) is 3.64. The standard InChI is InChI=1S/C27H30F6N4O3.C15H18F3NO2.C12H14F3N3O2.CH4.ClH.Li/c28-26(29,30)20-3-1-18(2-4-20)19-7-12-35(13-8-19)14-11-25(38)36-15-9-21(10-16-36)34-22-5-6-24(37(39)40)23(17-22)27(31,32)33;16-15(17,18)13-3-1-11(2-4-13)12-5-8-19(9-6-12)10-7-14(20)21;13-12(14,15)10-7-9(1-2-11(10)18(19)20)17-8-3-5-16-6-4-8;;;/h1-6,17,19,21,34H,7-16H2;1-4,12H,5-10H2,(H,20,21);1-2,7-8,16-17H,3-6H2;1H4;1H;/q;;;;;+1/p-1. The van der Waals surface area contributed by atoms with Crippen molar-refractivity contribution in [1.82, 2.24) is 14.7 Å². The molecule has 29 heteroatoms. The van der Waals surface area contributed by atoms with Gasteiger partial charge in [0.1, 0.15) is 11.1 Å². The second-order valence-corrected chi connectivity index (χ2v) is 20.4. The number of alkyl halides is 12. The summed E-state index contributed by atoms with van der Waals surface area (Å²) in [7, 11) is 0. The van der Waals surface area contributed by atoms with Gasteiger partial charge in [-0.25, -0.2) is 0 Å². The van der Waals surface area contributed by atoms with Crippen LogP contribution in [0.25, 0.3) is 0 Å². The summed E-state index contributed by atoms with van der Waals surface area (Å²) < 4.78 is 154. The van der Waals surface area contributed by atoms with E-state index in [1.165, 1.54) is 12.1 Å². The number of aliphatic carboxylic acids is 1. The molecular formula is C55H66ClF12LiN8O7. The van der Waals surface area contributed by atoms with Crippen molar-refractivity contribution in [2.45, 2.75) is 120 Å². The third-order valence-electron chi connectivity index (χ3n) is 14.9. The maximum atomic E-state index is 13.2. The first-order valence-corrected chi connectivity index (χ1v) is 26.4. The zero-order valence-corrected chi connectivity index (χ0v) is 45.9. The summed E-state index contributed by atoms with van der Waals surface area (Å²) >= 11 is 0. The van der Waals surface area contributed by atoms with Crippen molar-refractivity contribution in [2.24, 2.45) is 0 Å². The molecule has 0 bridgehead atoms. The van der Waals surface area contributed by atoms with E-state index in [1.54, 1.807) is 29.2 Å². The minimum Gasteiger partial charge on any atom is -1.00 e. The number of hydrogen-bond donors (Lipinski definition) is 3. The van der Waals surface area contributed by atoms with Crippen LogP contribution in [0.4, 0.5) is 75.4 Å². The van der Waals surface area contributed by atoms with E-state index in [1.807, 2.05) is 0 Å². The van der Waals surface area contributed by atoms with E-state index in [0.29, 0.717) is 45.4 Å². The Morgan fingerprint density at radius 2 is 0.881 bits per heavy atom. The zero-order valence-electron chi connectivity index (χ0n) is 45.1. The molecule has 0 aromatic heterocycles. The molecular weight excluding hydrogens is 1160 g/mol. The Morgan fingerprint density at radius 3 is 1.21 bits per heavy atom. The van der Waals surface area contributed by atoms with Crippen LogP contribution in [-0.2, 0) is 34.3 Å². The summed E-state index contributed by atoms with van der Waals surface area (Å²) in [5, 5.41) is 40.2. The molecule has 4 aromatic rings. The molecule has 0 atom stereocenters. The number of rotatable bonds is 14. The molecule has 0 spiro atoms. The largest absolute Gasteiger partial charge is 1.00 e. The van der Waals surface area contributed by atoms with E-state index in [2.05, 4.69) is 25.8 Å². The fourth-order valence-electron chi connectivity index (χ4n) is 10.4. The molecule has 4 saturated heterocycles. The predicted octanol–water partition coefficient (Wildman–Crippen LogP) is 4.73. The normalized spacial score (nSPS) is 17.1. The summed E-state index contributed by atoms with van der Waals surface area (Å²) in [6.45, 7) is 6.84. The van der Waals surface area contributed by atoms with Gasteiger partial charge in [0, 0.05) is 87.0 Å². The van der Waals surface area contributed by atoms with E-state index in [-0.39, 0.29) is 86.3 Å². The van der Waals surface area contributed by atoms with Crippen molar-refractivity contribution in [2.75, 3.05) is 76.1 Å². The van der Waals surface area contributed by atoms with Gasteiger partial charge in [-0.05, 0) is 143 Å². The molecule has 4 aliphatic rings. The number of piperidine rings is 4. The molecule has 4 aliphatic heterocycles. The molecule has 0 radical (unpaired) electrons. The first-order chi connectivity index (χ1) is 38.0. The van der Waals surface area contributed by atoms with Crippen LogP contribution in [0.2, 0.25) is 0 Å². The number of nitro benzene ring substituents is 2. The third-order valence-corrected chi connectivity index (χ3v) is 14.9. The van der Waals surface area contributed by atoms with Gasteiger partial charge in [-0.3, -0.25) is 25.0 Å². The van der Waals surface area contributed by atoms with E-state index >= 15 is 0 Å². The Morgan fingerprint density at radius 1 is 0.524 bits per heavy atom. The number of quaternary nitrogens is 1. The first-order valence-electron chi connectivity index (χ1n) is 26.4. The van der Waals surface area contributed by atoms with Crippen molar-refractivity contribution in [3.63, 3.8) is 0 Å². The predicted molar refractivity (Wildman–Crippen MR) is 278 cm³/mol. The van der Waals surface area contributed by atoms with E-state index < -0.39 is 74.1 Å². The van der Waals surface area contributed by atoms with Crippen LogP contribution in [-0.4, -0.2) is 114 Å². The van der Waals surface area contributed by atoms with Gasteiger partial charge < -0.3 is 53.0 Å². The zero-order chi connectivity index (χ0) is 59.3. The number of likely N-dealkylation sites (tertiary alicyclic amines) is 3. The van der Waals surface area contributed by atoms with Gasteiger partial charge >= 0.3 is 43.6 Å². The Kier molecular flexibility index (Phi) is 27.6. The topological polar surface area (TPSA) is 194 Å². The summed E-state index contributed by atoms with van der Waals surface area (Å²) in [6, 6.07) is 16.5. The Hall–Kier alpha value is -5.85. The van der Waals surface area contributed by atoms with Crippen LogP contribution in [0.5, 0.6) is 0 Å². The minimum atomic E-state index is -4.85. The molecule has 4 aromatic carbocycles. The molecule has 460 valence electrons.